The molecule has 1 aliphatic rings. The molecule has 0 bridgehead atoms. The fraction of sp³-hybridized carbons (Fsp3) is 0.357. The van der Waals surface area contributed by atoms with Gasteiger partial charge in [-0.15, -0.1) is 10.2 Å². The van der Waals surface area contributed by atoms with Gasteiger partial charge in [0.15, 0.2) is 0 Å². The number of rotatable bonds is 6. The molecule has 1 aliphatic carbocycles. The molecule has 0 saturated heterocycles. The van der Waals surface area contributed by atoms with Crippen LogP contribution in [0.25, 0.3) is 0 Å². The molecule has 1 heterocycles. The summed E-state index contributed by atoms with van der Waals surface area (Å²) >= 11 is 1.40. The molecule has 3 rings (SSSR count). The Bertz CT molecular complexity index is 828. The molecule has 8 nitrogen and oxygen atoms in total. The molecule has 0 unspecified atom stereocenters. The summed E-state index contributed by atoms with van der Waals surface area (Å²) < 4.78 is 22.3. The highest BCUT2D eigenvalue weighted by molar-refractivity contribution is 7.89. The Hall–Kier alpha value is -2.04. The summed E-state index contributed by atoms with van der Waals surface area (Å²) in [6.07, 6.45) is 2.86. The van der Waals surface area contributed by atoms with Crippen LogP contribution in [0, 0.1) is 0 Å². The molecule has 0 aliphatic heterocycles. The minimum absolute atomic E-state index is 0.0692. The quantitative estimate of drug-likeness (QED) is 0.712. The SMILES string of the molecule is NS(=O)(=O)c1ccc(CCNC(=O)Nc2nnc(C3CC3)s2)cc1. The number of nitrogens with zero attached hydrogens (tertiary/aromatic N) is 2. The lowest BCUT2D eigenvalue weighted by molar-refractivity contribution is 0.252. The summed E-state index contributed by atoms with van der Waals surface area (Å²) in [6, 6.07) is 5.91. The van der Waals surface area contributed by atoms with Crippen LogP contribution in [0.4, 0.5) is 9.93 Å². The van der Waals surface area contributed by atoms with Crippen LogP contribution in [0.2, 0.25) is 0 Å². The number of nitrogens with one attached hydrogen (secondary N) is 2. The maximum Gasteiger partial charge on any atom is 0.321 e. The summed E-state index contributed by atoms with van der Waals surface area (Å²) in [5.41, 5.74) is 0.898. The highest BCUT2D eigenvalue weighted by atomic mass is 32.2. The van der Waals surface area contributed by atoms with E-state index in [4.69, 9.17) is 5.14 Å². The molecular formula is C14H17N5O3S2. The van der Waals surface area contributed by atoms with Crippen molar-refractivity contribution < 1.29 is 13.2 Å². The van der Waals surface area contributed by atoms with E-state index in [-0.39, 0.29) is 10.9 Å². The van der Waals surface area contributed by atoms with Gasteiger partial charge in [-0.1, -0.05) is 23.5 Å². The summed E-state index contributed by atoms with van der Waals surface area (Å²) in [5.74, 6) is 0.515. The Labute approximate surface area is 143 Å². The van der Waals surface area contributed by atoms with Crippen LogP contribution in [0.3, 0.4) is 0 Å². The summed E-state index contributed by atoms with van der Waals surface area (Å²) in [6.45, 7) is 0.412. The number of urea groups is 1. The van der Waals surface area contributed by atoms with Crippen LogP contribution < -0.4 is 15.8 Å². The van der Waals surface area contributed by atoms with Crippen LogP contribution in [-0.2, 0) is 16.4 Å². The summed E-state index contributed by atoms with van der Waals surface area (Å²) in [5, 5.41) is 19.9. The fourth-order valence-corrected chi connectivity index (χ4v) is 3.51. The first-order valence-electron chi connectivity index (χ1n) is 7.42. The van der Waals surface area contributed by atoms with Gasteiger partial charge in [0.05, 0.1) is 4.90 Å². The normalized spacial score (nSPS) is 14.4. The molecule has 0 spiro atoms. The van der Waals surface area contributed by atoms with Crippen molar-refractivity contribution in [2.45, 2.75) is 30.1 Å². The van der Waals surface area contributed by atoms with Crippen molar-refractivity contribution in [2.24, 2.45) is 5.14 Å². The zero-order chi connectivity index (χ0) is 17.2. The van der Waals surface area contributed by atoms with Crippen molar-refractivity contribution in [3.63, 3.8) is 0 Å². The van der Waals surface area contributed by atoms with Gasteiger partial charge in [0, 0.05) is 12.5 Å². The average Bonchev–Trinajstić information content (AvgIpc) is 3.27. The third kappa shape index (κ3) is 4.49. The highest BCUT2D eigenvalue weighted by Crippen LogP contribution is 2.41. The monoisotopic (exact) mass is 367 g/mol. The number of nitrogens with two attached hydrogens (primary N) is 1. The maximum atomic E-state index is 11.8. The number of hydrogen-bond donors (Lipinski definition) is 3. The highest BCUT2D eigenvalue weighted by Gasteiger charge is 2.27. The number of amides is 2. The number of benzene rings is 1. The molecule has 1 fully saturated rings. The maximum absolute atomic E-state index is 11.8. The van der Waals surface area contributed by atoms with Crippen LogP contribution in [0.1, 0.15) is 29.3 Å². The van der Waals surface area contributed by atoms with Crippen molar-refractivity contribution in [3.8, 4) is 0 Å². The lowest BCUT2D eigenvalue weighted by Crippen LogP contribution is -2.30. The van der Waals surface area contributed by atoms with Crippen molar-refractivity contribution in [1.29, 1.82) is 0 Å². The molecule has 0 radical (unpaired) electrons. The van der Waals surface area contributed by atoms with Gasteiger partial charge in [-0.3, -0.25) is 5.32 Å². The Morgan fingerprint density at radius 3 is 2.58 bits per heavy atom. The Morgan fingerprint density at radius 1 is 1.25 bits per heavy atom. The number of sulfonamides is 1. The van der Waals surface area contributed by atoms with Gasteiger partial charge in [-0.25, -0.2) is 18.4 Å². The second kappa shape index (κ2) is 6.83. The molecule has 4 N–H and O–H groups in total. The number of anilines is 1. The minimum Gasteiger partial charge on any atom is -0.337 e. The van der Waals surface area contributed by atoms with Gasteiger partial charge < -0.3 is 5.32 Å². The predicted molar refractivity (Wildman–Crippen MR) is 90.4 cm³/mol. The molecule has 2 aromatic rings. The lowest BCUT2D eigenvalue weighted by atomic mass is 10.1. The molecule has 2 amide bonds. The molecule has 0 atom stereocenters. The van der Waals surface area contributed by atoms with Crippen molar-refractivity contribution >= 4 is 32.5 Å². The van der Waals surface area contributed by atoms with Crippen LogP contribution >= 0.6 is 11.3 Å². The minimum atomic E-state index is -3.68. The second-order valence-corrected chi connectivity index (χ2v) is 8.11. The van der Waals surface area contributed by atoms with Crippen LogP contribution in [0.15, 0.2) is 29.2 Å². The molecule has 24 heavy (non-hydrogen) atoms. The third-order valence-electron chi connectivity index (χ3n) is 3.54. The standard InChI is InChI=1S/C14H17N5O3S2/c15-24(21,22)11-5-1-9(2-6-11)7-8-16-13(20)17-14-19-18-12(23-14)10-3-4-10/h1-2,5-6,10H,3-4,7-8H2,(H2,15,21,22)(H2,16,17,19,20). The van der Waals surface area contributed by atoms with Gasteiger partial charge >= 0.3 is 6.03 Å². The lowest BCUT2D eigenvalue weighted by Gasteiger charge is -2.06. The fourth-order valence-electron chi connectivity index (χ4n) is 2.09. The zero-order valence-corrected chi connectivity index (χ0v) is 14.4. The molecular weight excluding hydrogens is 350 g/mol. The van der Waals surface area contributed by atoms with Crippen molar-refractivity contribution in [3.05, 3.63) is 34.8 Å². The molecule has 1 aromatic heterocycles. The zero-order valence-electron chi connectivity index (χ0n) is 12.7. The summed E-state index contributed by atoms with van der Waals surface area (Å²) in [7, 11) is -3.68. The molecule has 1 saturated carbocycles. The second-order valence-electron chi connectivity index (χ2n) is 5.54. The van der Waals surface area contributed by atoms with E-state index in [0.717, 1.165) is 23.4 Å². The van der Waals surface area contributed by atoms with Crippen molar-refractivity contribution in [1.82, 2.24) is 15.5 Å². The average molecular weight is 367 g/mol. The Kier molecular flexibility index (Phi) is 4.78. The first-order valence-corrected chi connectivity index (χ1v) is 9.78. The Balaban J connectivity index is 1.44. The molecule has 10 heteroatoms. The first kappa shape index (κ1) is 16.8. The van der Waals surface area contributed by atoms with E-state index in [0.29, 0.717) is 24.0 Å². The van der Waals surface area contributed by atoms with Gasteiger partial charge in [0.25, 0.3) is 0 Å². The topological polar surface area (TPSA) is 127 Å². The number of carbonyl (C=O) groups excluding carboxylic acids is 1. The van der Waals surface area contributed by atoms with E-state index in [1.165, 1.54) is 23.5 Å². The predicted octanol–water partition coefficient (Wildman–Crippen LogP) is 1.43. The van der Waals surface area contributed by atoms with E-state index in [9.17, 15) is 13.2 Å². The Morgan fingerprint density at radius 2 is 1.96 bits per heavy atom. The molecule has 1 aromatic carbocycles. The van der Waals surface area contributed by atoms with Gasteiger partial charge in [0.1, 0.15) is 5.01 Å². The summed E-state index contributed by atoms with van der Waals surface area (Å²) in [4.78, 5) is 11.9. The smallest absolute Gasteiger partial charge is 0.321 e. The van der Waals surface area contributed by atoms with E-state index in [1.54, 1.807) is 12.1 Å². The van der Waals surface area contributed by atoms with E-state index in [1.807, 2.05) is 0 Å². The number of carbonyl (C=O) groups is 1. The van der Waals surface area contributed by atoms with Crippen molar-refractivity contribution in [2.75, 3.05) is 11.9 Å². The largest absolute Gasteiger partial charge is 0.337 e. The number of primary sulfonamides is 1. The number of hydrogen-bond acceptors (Lipinski definition) is 6. The third-order valence-corrected chi connectivity index (χ3v) is 5.47. The first-order chi connectivity index (χ1) is 11.4. The van der Waals surface area contributed by atoms with Crippen LogP contribution in [0.5, 0.6) is 0 Å². The van der Waals surface area contributed by atoms with E-state index < -0.39 is 10.0 Å². The van der Waals surface area contributed by atoms with E-state index >= 15 is 0 Å². The van der Waals surface area contributed by atoms with E-state index in [2.05, 4.69) is 20.8 Å². The van der Waals surface area contributed by atoms with Gasteiger partial charge in [-0.05, 0) is 37.0 Å². The molecule has 128 valence electrons. The van der Waals surface area contributed by atoms with Crippen LogP contribution in [-0.4, -0.2) is 31.2 Å². The van der Waals surface area contributed by atoms with Gasteiger partial charge in [0.2, 0.25) is 15.2 Å². The van der Waals surface area contributed by atoms with Gasteiger partial charge in [-0.2, -0.15) is 0 Å². The number of aromatic nitrogens is 2.